The first-order chi connectivity index (χ1) is 18.4. The number of rotatable bonds is 5. The minimum atomic E-state index is -0.779. The van der Waals surface area contributed by atoms with E-state index in [0.29, 0.717) is 28.4 Å². The van der Waals surface area contributed by atoms with Crippen LogP contribution in [0.5, 0.6) is 0 Å². The molecule has 184 valence electrons. The maximum atomic E-state index is 14.1. The Labute approximate surface area is 211 Å². The van der Waals surface area contributed by atoms with Crippen LogP contribution in [0.1, 0.15) is 10.4 Å². The zero-order valence-electron chi connectivity index (χ0n) is 19.2. The van der Waals surface area contributed by atoms with E-state index in [1.165, 1.54) is 47.3 Å². The summed E-state index contributed by atoms with van der Waals surface area (Å²) in [5, 5.41) is 16.7. The first-order valence-electron chi connectivity index (χ1n) is 11.2. The van der Waals surface area contributed by atoms with Crippen molar-refractivity contribution in [1.82, 2.24) is 19.7 Å². The van der Waals surface area contributed by atoms with Crippen LogP contribution in [0.3, 0.4) is 0 Å². The summed E-state index contributed by atoms with van der Waals surface area (Å²) in [7, 11) is 0. The first-order valence-corrected chi connectivity index (χ1v) is 11.2. The lowest BCUT2D eigenvalue weighted by atomic mass is 10.0. The van der Waals surface area contributed by atoms with Gasteiger partial charge in [0.1, 0.15) is 17.1 Å². The van der Waals surface area contributed by atoms with Gasteiger partial charge in [-0.1, -0.05) is 12.1 Å². The molecule has 0 radical (unpaired) electrons. The van der Waals surface area contributed by atoms with E-state index in [1.54, 1.807) is 30.5 Å². The van der Waals surface area contributed by atoms with E-state index in [4.69, 9.17) is 4.42 Å². The highest BCUT2D eigenvalue weighted by atomic mass is 19.1. The number of hydrogen-bond donors (Lipinski definition) is 0. The topological polar surface area (TPSA) is 134 Å². The molecule has 0 fully saturated rings. The Morgan fingerprint density at radius 3 is 2.63 bits per heavy atom. The van der Waals surface area contributed by atoms with Gasteiger partial charge in [0, 0.05) is 40.9 Å². The van der Waals surface area contributed by atoms with E-state index in [0.717, 1.165) is 0 Å². The molecule has 0 saturated carbocycles. The van der Waals surface area contributed by atoms with Crippen molar-refractivity contribution in [3.05, 3.63) is 111 Å². The third-order valence-corrected chi connectivity index (χ3v) is 5.97. The van der Waals surface area contributed by atoms with Crippen LogP contribution in [0.4, 0.5) is 10.1 Å². The summed E-state index contributed by atoms with van der Waals surface area (Å²) in [4.78, 5) is 44.4. The lowest BCUT2D eigenvalue weighted by Gasteiger charge is -2.11. The monoisotopic (exact) mass is 507 g/mol. The molecule has 2 aromatic carbocycles. The van der Waals surface area contributed by atoms with Crippen LogP contribution in [0, 0.1) is 15.9 Å². The number of aromatic nitrogens is 4. The normalized spacial score (nSPS) is 11.2. The molecule has 38 heavy (non-hydrogen) atoms. The number of non-ortho nitro benzene ring substituents is 1. The Morgan fingerprint density at radius 1 is 1.00 bits per heavy atom. The zero-order chi connectivity index (χ0) is 26.4. The van der Waals surface area contributed by atoms with Gasteiger partial charge in [-0.25, -0.2) is 23.8 Å². The summed E-state index contributed by atoms with van der Waals surface area (Å²) in [5.74, 6) is -0.200. The third kappa shape index (κ3) is 3.88. The SMILES string of the molecule is O=Cc1cn(-c2nc3ncccc3cc2-c2cccc(F)c2)nc1-c1cc2cc([N+](=O)[O-])ccc2oc1=O. The Hall–Kier alpha value is -5.58. The molecule has 0 saturated heterocycles. The second-order valence-electron chi connectivity index (χ2n) is 8.34. The van der Waals surface area contributed by atoms with Gasteiger partial charge in [0.15, 0.2) is 17.8 Å². The molecular weight excluding hydrogens is 493 g/mol. The predicted molar refractivity (Wildman–Crippen MR) is 136 cm³/mol. The number of nitro benzene ring substituents is 1. The summed E-state index contributed by atoms with van der Waals surface area (Å²) in [6.07, 6.45) is 3.49. The molecule has 0 atom stereocenters. The molecule has 6 rings (SSSR count). The van der Waals surface area contributed by atoms with Gasteiger partial charge >= 0.3 is 5.63 Å². The summed E-state index contributed by atoms with van der Waals surface area (Å²) in [5.41, 5.74) is 0.579. The number of halogens is 1. The molecule has 0 aliphatic heterocycles. The lowest BCUT2D eigenvalue weighted by molar-refractivity contribution is -0.384. The number of carbonyl (C=O) groups is 1. The highest BCUT2D eigenvalue weighted by Crippen LogP contribution is 2.31. The third-order valence-electron chi connectivity index (χ3n) is 5.97. The molecule has 0 aliphatic carbocycles. The van der Waals surface area contributed by atoms with Crippen molar-refractivity contribution in [2.75, 3.05) is 0 Å². The molecule has 10 nitrogen and oxygen atoms in total. The smallest absolute Gasteiger partial charge is 0.345 e. The molecule has 0 spiro atoms. The molecular formula is C27H14FN5O5. The molecule has 4 aromatic heterocycles. The van der Waals surface area contributed by atoms with E-state index in [9.17, 15) is 24.1 Å². The molecule has 4 heterocycles. The van der Waals surface area contributed by atoms with E-state index >= 15 is 0 Å². The van der Waals surface area contributed by atoms with Crippen molar-refractivity contribution in [3.8, 4) is 28.2 Å². The van der Waals surface area contributed by atoms with Gasteiger partial charge in [-0.2, -0.15) is 5.10 Å². The van der Waals surface area contributed by atoms with Crippen LogP contribution >= 0.6 is 0 Å². The van der Waals surface area contributed by atoms with Gasteiger partial charge in [0.2, 0.25) is 0 Å². The van der Waals surface area contributed by atoms with Crippen LogP contribution < -0.4 is 5.63 Å². The van der Waals surface area contributed by atoms with Crippen LogP contribution in [0.25, 0.3) is 50.2 Å². The van der Waals surface area contributed by atoms with Crippen molar-refractivity contribution < 1.29 is 18.5 Å². The van der Waals surface area contributed by atoms with Gasteiger partial charge < -0.3 is 4.42 Å². The van der Waals surface area contributed by atoms with E-state index in [-0.39, 0.29) is 39.3 Å². The maximum absolute atomic E-state index is 14.1. The highest BCUT2D eigenvalue weighted by molar-refractivity contribution is 5.90. The summed E-state index contributed by atoms with van der Waals surface area (Å²) in [6.45, 7) is 0. The van der Waals surface area contributed by atoms with Gasteiger partial charge in [-0.15, -0.1) is 0 Å². The van der Waals surface area contributed by atoms with Crippen molar-refractivity contribution in [2.24, 2.45) is 0 Å². The quantitative estimate of drug-likeness (QED) is 0.136. The number of carbonyl (C=O) groups excluding carboxylic acids is 1. The highest BCUT2D eigenvalue weighted by Gasteiger charge is 2.21. The summed E-state index contributed by atoms with van der Waals surface area (Å²) in [6, 6.07) is 16.5. The number of nitro groups is 1. The maximum Gasteiger partial charge on any atom is 0.345 e. The lowest BCUT2D eigenvalue weighted by Crippen LogP contribution is -2.06. The average Bonchev–Trinajstić information content (AvgIpc) is 3.35. The second kappa shape index (κ2) is 8.82. The largest absolute Gasteiger partial charge is 0.422 e. The first kappa shape index (κ1) is 22.9. The Balaban J connectivity index is 1.58. The number of hydrogen-bond acceptors (Lipinski definition) is 8. The van der Waals surface area contributed by atoms with Gasteiger partial charge in [-0.05, 0) is 48.0 Å². The van der Waals surface area contributed by atoms with Crippen LogP contribution in [0.2, 0.25) is 0 Å². The van der Waals surface area contributed by atoms with Crippen molar-refractivity contribution >= 4 is 34.0 Å². The van der Waals surface area contributed by atoms with Gasteiger partial charge in [-0.3, -0.25) is 14.9 Å². The summed E-state index contributed by atoms with van der Waals surface area (Å²) < 4.78 is 20.8. The summed E-state index contributed by atoms with van der Waals surface area (Å²) >= 11 is 0. The average molecular weight is 507 g/mol. The molecule has 11 heteroatoms. The van der Waals surface area contributed by atoms with Crippen LogP contribution in [0.15, 0.2) is 88.3 Å². The van der Waals surface area contributed by atoms with Gasteiger partial charge in [0.25, 0.3) is 5.69 Å². The van der Waals surface area contributed by atoms with Crippen LogP contribution in [-0.4, -0.2) is 31.0 Å². The Morgan fingerprint density at radius 2 is 1.84 bits per heavy atom. The van der Waals surface area contributed by atoms with E-state index in [1.807, 2.05) is 6.07 Å². The molecule has 0 bridgehead atoms. The minimum absolute atomic E-state index is 0.00438. The zero-order valence-corrected chi connectivity index (χ0v) is 19.2. The standard InChI is InChI=1S/C27H14FN5O5/c28-19-5-1-3-15(9-19)21-11-16-4-2-8-29-25(16)30-26(21)32-13-18(14-34)24(31-32)22-12-17-10-20(33(36)37)6-7-23(17)38-27(22)35/h1-14H. The molecule has 0 unspecified atom stereocenters. The molecule has 0 amide bonds. The van der Waals surface area contributed by atoms with E-state index < -0.39 is 16.4 Å². The fraction of sp³-hybridized carbons (Fsp3) is 0. The van der Waals surface area contributed by atoms with Crippen molar-refractivity contribution in [3.63, 3.8) is 0 Å². The predicted octanol–water partition coefficient (Wildman–Crippen LogP) is 5.12. The number of nitrogens with zero attached hydrogens (tertiary/aromatic N) is 5. The fourth-order valence-corrected chi connectivity index (χ4v) is 4.22. The van der Waals surface area contributed by atoms with Crippen molar-refractivity contribution in [2.45, 2.75) is 0 Å². The molecule has 0 aliphatic rings. The Bertz CT molecular complexity index is 1980. The molecule has 6 aromatic rings. The number of benzene rings is 2. The van der Waals surface area contributed by atoms with Crippen LogP contribution in [-0.2, 0) is 0 Å². The van der Waals surface area contributed by atoms with Crippen molar-refractivity contribution in [1.29, 1.82) is 0 Å². The van der Waals surface area contributed by atoms with E-state index in [2.05, 4.69) is 15.1 Å². The Kier molecular flexibility index (Phi) is 5.30. The number of pyridine rings is 2. The second-order valence-corrected chi connectivity index (χ2v) is 8.34. The number of aldehydes is 1. The molecule has 0 N–H and O–H groups in total. The fourth-order valence-electron chi connectivity index (χ4n) is 4.22. The van der Waals surface area contributed by atoms with Gasteiger partial charge in [0.05, 0.1) is 16.1 Å². The minimum Gasteiger partial charge on any atom is -0.422 e. The number of fused-ring (bicyclic) bond motifs is 2.